The van der Waals surface area contributed by atoms with Gasteiger partial charge in [-0.3, -0.25) is 4.79 Å². The van der Waals surface area contributed by atoms with E-state index in [9.17, 15) is 4.79 Å². The Balaban J connectivity index is 0.00000529. The molecule has 0 aliphatic rings. The van der Waals surface area contributed by atoms with Gasteiger partial charge in [0.25, 0.3) is 0 Å². The van der Waals surface area contributed by atoms with Crippen LogP contribution < -0.4 is 10.6 Å². The van der Waals surface area contributed by atoms with Gasteiger partial charge in [-0.1, -0.05) is 23.7 Å². The molecule has 2 N–H and O–H groups in total. The smallest absolute Gasteiger partial charge is 0.243 e. The van der Waals surface area contributed by atoms with Crippen molar-refractivity contribution >= 4 is 47.4 Å². The second kappa shape index (κ2) is 12.3. The van der Waals surface area contributed by atoms with Crippen LogP contribution in [0.4, 0.5) is 0 Å². The average molecular weight is 469 g/mol. The molecule has 0 aliphatic heterocycles. The van der Waals surface area contributed by atoms with Crippen LogP contribution in [0.1, 0.15) is 18.5 Å². The molecule has 0 saturated heterocycles. The number of guanidine groups is 1. The Morgan fingerprint density at radius 1 is 1.42 bits per heavy atom. The van der Waals surface area contributed by atoms with E-state index in [0.717, 1.165) is 5.56 Å². The minimum Gasteiger partial charge on any atom is -0.383 e. The summed E-state index contributed by atoms with van der Waals surface area (Å²) in [5, 5.41) is 7.09. The fourth-order valence-electron chi connectivity index (χ4n) is 1.78. The molecule has 0 saturated carbocycles. The van der Waals surface area contributed by atoms with E-state index in [-0.39, 0.29) is 42.5 Å². The van der Waals surface area contributed by atoms with Gasteiger partial charge >= 0.3 is 0 Å². The first-order valence-electron chi connectivity index (χ1n) is 7.43. The van der Waals surface area contributed by atoms with Gasteiger partial charge in [0, 0.05) is 32.8 Å². The molecule has 0 aliphatic carbocycles. The minimum atomic E-state index is -0.0618. The molecule has 1 atom stereocenters. The summed E-state index contributed by atoms with van der Waals surface area (Å²) < 4.78 is 5.02. The fourth-order valence-corrected chi connectivity index (χ4v) is 1.98. The summed E-state index contributed by atoms with van der Waals surface area (Å²) in [5.74, 6) is 0.498. The molecule has 1 aromatic rings. The van der Waals surface area contributed by atoms with Crippen LogP contribution in [0.2, 0.25) is 5.02 Å². The Morgan fingerprint density at radius 2 is 2.12 bits per heavy atom. The molecule has 0 bridgehead atoms. The third-order valence-corrected chi connectivity index (χ3v) is 3.41. The van der Waals surface area contributed by atoms with E-state index in [1.165, 1.54) is 4.90 Å². The highest BCUT2D eigenvalue weighted by Gasteiger charge is 2.10. The minimum absolute atomic E-state index is 0. The third-order valence-electron chi connectivity index (χ3n) is 3.17. The monoisotopic (exact) mass is 468 g/mol. The topological polar surface area (TPSA) is 66.0 Å². The Kier molecular flexibility index (Phi) is 11.8. The molecule has 0 fully saturated rings. The van der Waals surface area contributed by atoms with Gasteiger partial charge in [-0.05, 0) is 24.6 Å². The number of nitrogens with one attached hydrogen (secondary N) is 2. The number of hydrogen-bond acceptors (Lipinski definition) is 3. The van der Waals surface area contributed by atoms with Crippen molar-refractivity contribution in [1.82, 2.24) is 15.5 Å². The van der Waals surface area contributed by atoms with Crippen LogP contribution in [0.15, 0.2) is 29.3 Å². The quantitative estimate of drug-likeness (QED) is 0.279. The maximum absolute atomic E-state index is 11.7. The first-order valence-corrected chi connectivity index (χ1v) is 7.81. The summed E-state index contributed by atoms with van der Waals surface area (Å²) in [6.07, 6.45) is 0. The van der Waals surface area contributed by atoms with Gasteiger partial charge in [0.2, 0.25) is 5.91 Å². The number of carbonyl (C=O) groups excluding carboxylic acids is 1. The van der Waals surface area contributed by atoms with E-state index in [4.69, 9.17) is 16.3 Å². The van der Waals surface area contributed by atoms with E-state index >= 15 is 0 Å². The van der Waals surface area contributed by atoms with Crippen LogP contribution >= 0.6 is 35.6 Å². The van der Waals surface area contributed by atoms with E-state index in [1.54, 1.807) is 21.2 Å². The molecular formula is C16H26ClIN4O2. The number of methoxy groups -OCH3 is 1. The fraction of sp³-hybridized carbons (Fsp3) is 0.500. The Morgan fingerprint density at radius 3 is 2.71 bits per heavy atom. The lowest BCUT2D eigenvalue weighted by Crippen LogP contribution is -2.41. The van der Waals surface area contributed by atoms with Gasteiger partial charge in [-0.25, -0.2) is 4.99 Å². The van der Waals surface area contributed by atoms with Gasteiger partial charge in [0.1, 0.15) is 6.54 Å². The lowest BCUT2D eigenvalue weighted by atomic mass is 10.1. The molecule has 0 aromatic heterocycles. The summed E-state index contributed by atoms with van der Waals surface area (Å²) >= 11 is 6.03. The van der Waals surface area contributed by atoms with Crippen LogP contribution in [-0.2, 0) is 9.53 Å². The second-order valence-electron chi connectivity index (χ2n) is 5.29. The molecule has 1 rings (SSSR count). The molecule has 0 heterocycles. The zero-order chi connectivity index (χ0) is 17.2. The van der Waals surface area contributed by atoms with Crippen LogP contribution in [0.3, 0.4) is 0 Å². The van der Waals surface area contributed by atoms with Crippen LogP contribution in [-0.4, -0.2) is 57.7 Å². The molecule has 0 radical (unpaired) electrons. The van der Waals surface area contributed by atoms with Gasteiger partial charge < -0.3 is 20.3 Å². The highest BCUT2D eigenvalue weighted by molar-refractivity contribution is 14.0. The summed E-state index contributed by atoms with van der Waals surface area (Å²) in [6, 6.07) is 7.62. The van der Waals surface area contributed by atoms with Gasteiger partial charge in [0.05, 0.1) is 12.6 Å². The Bertz CT molecular complexity index is 541. The zero-order valence-corrected chi connectivity index (χ0v) is 17.6. The molecule has 6 nitrogen and oxygen atoms in total. The van der Waals surface area contributed by atoms with Crippen molar-refractivity contribution in [2.75, 3.05) is 40.9 Å². The van der Waals surface area contributed by atoms with Crippen molar-refractivity contribution in [3.63, 3.8) is 0 Å². The van der Waals surface area contributed by atoms with E-state index < -0.39 is 0 Å². The highest BCUT2D eigenvalue weighted by Crippen LogP contribution is 2.17. The number of hydrogen-bond donors (Lipinski definition) is 2. The summed E-state index contributed by atoms with van der Waals surface area (Å²) in [6.45, 7) is 3.24. The van der Waals surface area contributed by atoms with Crippen molar-refractivity contribution in [3.05, 3.63) is 34.9 Å². The number of halogens is 2. The molecule has 8 heteroatoms. The molecular weight excluding hydrogens is 443 g/mol. The number of rotatable bonds is 7. The maximum atomic E-state index is 11.7. The Hall–Kier alpha value is -1.06. The largest absolute Gasteiger partial charge is 0.383 e. The number of nitrogens with zero attached hydrogens (tertiary/aromatic N) is 2. The third kappa shape index (κ3) is 8.70. The van der Waals surface area contributed by atoms with E-state index in [0.29, 0.717) is 24.1 Å². The normalized spacial score (nSPS) is 12.1. The van der Waals surface area contributed by atoms with Gasteiger partial charge in [0.15, 0.2) is 5.96 Å². The predicted octanol–water partition coefficient (Wildman–Crippen LogP) is 2.29. The predicted molar refractivity (Wildman–Crippen MR) is 109 cm³/mol. The van der Waals surface area contributed by atoms with Crippen molar-refractivity contribution in [3.8, 4) is 0 Å². The average Bonchev–Trinajstić information content (AvgIpc) is 2.52. The maximum Gasteiger partial charge on any atom is 0.243 e. The summed E-state index contributed by atoms with van der Waals surface area (Å²) in [5.41, 5.74) is 1.04. The summed E-state index contributed by atoms with van der Waals surface area (Å²) in [7, 11) is 5.05. The van der Waals surface area contributed by atoms with Crippen molar-refractivity contribution < 1.29 is 9.53 Å². The molecule has 1 amide bonds. The lowest BCUT2D eigenvalue weighted by Gasteiger charge is -2.19. The first-order chi connectivity index (χ1) is 10.9. The number of aliphatic imine (C=N–C) groups is 1. The lowest BCUT2D eigenvalue weighted by molar-refractivity contribution is -0.127. The van der Waals surface area contributed by atoms with Crippen LogP contribution in [0.5, 0.6) is 0 Å². The Labute approximate surface area is 166 Å². The number of ether oxygens (including phenoxy) is 1. The molecule has 1 aromatic carbocycles. The number of amides is 1. The van der Waals surface area contributed by atoms with E-state index in [1.807, 2.05) is 31.2 Å². The SMILES string of the molecule is COCCNC(=NCC(=O)N(C)C)NC(C)c1cccc(Cl)c1.I. The van der Waals surface area contributed by atoms with E-state index in [2.05, 4.69) is 15.6 Å². The van der Waals surface area contributed by atoms with Crippen LogP contribution in [0, 0.1) is 0 Å². The van der Waals surface area contributed by atoms with Gasteiger partial charge in [-0.15, -0.1) is 24.0 Å². The van der Waals surface area contributed by atoms with Crippen LogP contribution in [0.25, 0.3) is 0 Å². The standard InChI is InChI=1S/C16H25ClN4O2.HI/c1-12(13-6-5-7-14(17)10-13)20-16(18-8-9-23-4)19-11-15(22)21(2)3;/h5-7,10,12H,8-9,11H2,1-4H3,(H2,18,19,20);1H. The first kappa shape index (κ1) is 22.9. The molecule has 24 heavy (non-hydrogen) atoms. The molecule has 0 spiro atoms. The highest BCUT2D eigenvalue weighted by atomic mass is 127. The second-order valence-corrected chi connectivity index (χ2v) is 5.73. The zero-order valence-electron chi connectivity index (χ0n) is 14.5. The van der Waals surface area contributed by atoms with Crippen molar-refractivity contribution in [2.45, 2.75) is 13.0 Å². The molecule has 1 unspecified atom stereocenters. The van der Waals surface area contributed by atoms with Crippen molar-refractivity contribution in [2.24, 2.45) is 4.99 Å². The number of benzene rings is 1. The van der Waals surface area contributed by atoms with Crippen molar-refractivity contribution in [1.29, 1.82) is 0 Å². The number of carbonyl (C=O) groups is 1. The molecule has 136 valence electrons. The summed E-state index contributed by atoms with van der Waals surface area (Å²) in [4.78, 5) is 17.5. The van der Waals surface area contributed by atoms with Gasteiger partial charge in [-0.2, -0.15) is 0 Å². The number of likely N-dealkylation sites (N-methyl/N-ethyl adjacent to an activating group) is 1.